The molecule has 3 nitrogen and oxygen atoms in total. The summed E-state index contributed by atoms with van der Waals surface area (Å²) in [5.74, 6) is 0.676. The highest BCUT2D eigenvalue weighted by molar-refractivity contribution is 4.75. The van der Waals surface area contributed by atoms with E-state index in [1.165, 1.54) is 38.8 Å². The lowest BCUT2D eigenvalue weighted by atomic mass is 9.98. The zero-order valence-electron chi connectivity index (χ0n) is 10.6. The van der Waals surface area contributed by atoms with Gasteiger partial charge in [0.15, 0.2) is 0 Å². The molecule has 0 aliphatic carbocycles. The number of ether oxygens (including phenoxy) is 1. The van der Waals surface area contributed by atoms with E-state index in [0.717, 1.165) is 26.2 Å². The minimum absolute atomic E-state index is 0.492. The number of piperidine rings is 2. The highest BCUT2D eigenvalue weighted by atomic mass is 16.5. The van der Waals surface area contributed by atoms with Gasteiger partial charge in [0.05, 0.1) is 12.7 Å². The molecule has 94 valence electrons. The Morgan fingerprint density at radius 1 is 1.25 bits per heavy atom. The van der Waals surface area contributed by atoms with Crippen LogP contribution in [0.4, 0.5) is 0 Å². The molecule has 1 N–H and O–H groups in total. The largest absolute Gasteiger partial charge is 0.377 e. The Hall–Kier alpha value is -0.120. The fourth-order valence-electron chi connectivity index (χ4n) is 2.75. The van der Waals surface area contributed by atoms with Gasteiger partial charge in [-0.1, -0.05) is 13.3 Å². The molecule has 2 atom stereocenters. The second-order valence-corrected chi connectivity index (χ2v) is 5.28. The van der Waals surface area contributed by atoms with Gasteiger partial charge in [-0.05, 0) is 44.8 Å². The molecule has 2 unspecified atom stereocenters. The zero-order chi connectivity index (χ0) is 11.2. The van der Waals surface area contributed by atoms with Crippen LogP contribution in [0.5, 0.6) is 0 Å². The van der Waals surface area contributed by atoms with Crippen LogP contribution in [-0.4, -0.2) is 50.3 Å². The summed E-state index contributed by atoms with van der Waals surface area (Å²) in [6.45, 7) is 9.16. The summed E-state index contributed by atoms with van der Waals surface area (Å²) in [5, 5.41) is 3.41. The summed E-state index contributed by atoms with van der Waals surface area (Å²) in [7, 11) is 0. The molecular formula is C13H26N2O. The van der Waals surface area contributed by atoms with E-state index in [0.29, 0.717) is 12.0 Å². The van der Waals surface area contributed by atoms with E-state index in [2.05, 4.69) is 17.1 Å². The van der Waals surface area contributed by atoms with Crippen molar-refractivity contribution in [1.82, 2.24) is 10.2 Å². The van der Waals surface area contributed by atoms with E-state index in [-0.39, 0.29) is 0 Å². The van der Waals surface area contributed by atoms with Gasteiger partial charge in [-0.3, -0.25) is 0 Å². The van der Waals surface area contributed by atoms with Gasteiger partial charge in [-0.2, -0.15) is 0 Å². The fraction of sp³-hybridized carbons (Fsp3) is 1.00. The van der Waals surface area contributed by atoms with Gasteiger partial charge >= 0.3 is 0 Å². The normalized spacial score (nSPS) is 32.8. The molecule has 0 spiro atoms. The second kappa shape index (κ2) is 6.58. The van der Waals surface area contributed by atoms with Crippen LogP contribution in [0.25, 0.3) is 0 Å². The Morgan fingerprint density at radius 2 is 2.06 bits per heavy atom. The molecule has 2 aliphatic rings. The molecule has 2 aliphatic heterocycles. The smallest absolute Gasteiger partial charge is 0.0625 e. The third-order valence-corrected chi connectivity index (χ3v) is 3.89. The summed E-state index contributed by atoms with van der Waals surface area (Å²) in [6, 6.07) is 0. The first-order chi connectivity index (χ1) is 7.86. The van der Waals surface area contributed by atoms with E-state index in [4.69, 9.17) is 4.74 Å². The minimum atomic E-state index is 0.492. The van der Waals surface area contributed by atoms with Crippen LogP contribution in [-0.2, 0) is 4.74 Å². The van der Waals surface area contributed by atoms with Crippen molar-refractivity contribution in [2.75, 3.05) is 39.3 Å². The summed E-state index contributed by atoms with van der Waals surface area (Å²) in [4.78, 5) is 2.55. The van der Waals surface area contributed by atoms with Crippen LogP contribution < -0.4 is 5.32 Å². The quantitative estimate of drug-likeness (QED) is 0.786. The van der Waals surface area contributed by atoms with E-state index in [9.17, 15) is 0 Å². The van der Waals surface area contributed by atoms with E-state index < -0.39 is 0 Å². The third-order valence-electron chi connectivity index (χ3n) is 3.89. The molecule has 3 heteroatoms. The van der Waals surface area contributed by atoms with Crippen molar-refractivity contribution in [3.63, 3.8) is 0 Å². The number of rotatable bonds is 4. The number of hydrogen-bond acceptors (Lipinski definition) is 3. The maximum Gasteiger partial charge on any atom is 0.0625 e. The first kappa shape index (κ1) is 12.3. The predicted molar refractivity (Wildman–Crippen MR) is 66.7 cm³/mol. The SMILES string of the molecule is CC1CNCCC1OCCN1CCCCC1. The maximum absolute atomic E-state index is 6.02. The monoisotopic (exact) mass is 226 g/mol. The Kier molecular flexibility index (Phi) is 5.07. The van der Waals surface area contributed by atoms with Crippen molar-refractivity contribution in [3.8, 4) is 0 Å². The number of nitrogens with zero attached hydrogens (tertiary/aromatic N) is 1. The van der Waals surface area contributed by atoms with Crippen LogP contribution in [0, 0.1) is 5.92 Å². The van der Waals surface area contributed by atoms with Crippen molar-refractivity contribution < 1.29 is 4.74 Å². The van der Waals surface area contributed by atoms with Crippen molar-refractivity contribution in [2.24, 2.45) is 5.92 Å². The van der Waals surface area contributed by atoms with Gasteiger partial charge in [0.1, 0.15) is 0 Å². The highest BCUT2D eigenvalue weighted by Crippen LogP contribution is 2.14. The molecule has 2 saturated heterocycles. The molecule has 0 radical (unpaired) electrons. The van der Waals surface area contributed by atoms with Crippen LogP contribution in [0.3, 0.4) is 0 Å². The van der Waals surface area contributed by atoms with Crippen molar-refractivity contribution in [2.45, 2.75) is 38.7 Å². The van der Waals surface area contributed by atoms with Crippen LogP contribution >= 0.6 is 0 Å². The molecule has 2 heterocycles. The zero-order valence-corrected chi connectivity index (χ0v) is 10.6. The highest BCUT2D eigenvalue weighted by Gasteiger charge is 2.21. The summed E-state index contributed by atoms with van der Waals surface area (Å²) >= 11 is 0. The average Bonchev–Trinajstić information content (AvgIpc) is 2.33. The van der Waals surface area contributed by atoms with Crippen molar-refractivity contribution >= 4 is 0 Å². The Morgan fingerprint density at radius 3 is 2.81 bits per heavy atom. The van der Waals surface area contributed by atoms with Gasteiger partial charge in [0, 0.05) is 13.1 Å². The standard InChI is InChI=1S/C13H26N2O/c1-12-11-14-6-5-13(12)16-10-9-15-7-3-2-4-8-15/h12-14H,2-11H2,1H3. The molecule has 2 fully saturated rings. The summed E-state index contributed by atoms with van der Waals surface area (Å²) in [5.41, 5.74) is 0. The van der Waals surface area contributed by atoms with Gasteiger partial charge in [0.25, 0.3) is 0 Å². The first-order valence-electron chi connectivity index (χ1n) is 6.91. The van der Waals surface area contributed by atoms with Crippen LogP contribution in [0.1, 0.15) is 32.6 Å². The van der Waals surface area contributed by atoms with E-state index in [1.807, 2.05) is 0 Å². The summed E-state index contributed by atoms with van der Waals surface area (Å²) in [6.07, 6.45) is 5.85. The lowest BCUT2D eigenvalue weighted by Crippen LogP contribution is -2.41. The average molecular weight is 226 g/mol. The molecule has 0 aromatic heterocycles. The van der Waals surface area contributed by atoms with Crippen LogP contribution in [0.15, 0.2) is 0 Å². The maximum atomic E-state index is 6.02. The van der Waals surface area contributed by atoms with E-state index in [1.54, 1.807) is 0 Å². The van der Waals surface area contributed by atoms with Gasteiger partial charge < -0.3 is 15.0 Å². The molecule has 16 heavy (non-hydrogen) atoms. The Labute approximate surface area is 99.5 Å². The molecular weight excluding hydrogens is 200 g/mol. The lowest BCUT2D eigenvalue weighted by Gasteiger charge is -2.31. The summed E-state index contributed by atoms with van der Waals surface area (Å²) < 4.78 is 6.02. The molecule has 0 bridgehead atoms. The van der Waals surface area contributed by atoms with Gasteiger partial charge in [-0.15, -0.1) is 0 Å². The topological polar surface area (TPSA) is 24.5 Å². The molecule has 0 aromatic carbocycles. The minimum Gasteiger partial charge on any atom is -0.377 e. The molecule has 2 rings (SSSR count). The lowest BCUT2D eigenvalue weighted by molar-refractivity contribution is -0.00997. The van der Waals surface area contributed by atoms with Gasteiger partial charge in [-0.25, -0.2) is 0 Å². The van der Waals surface area contributed by atoms with Crippen molar-refractivity contribution in [1.29, 1.82) is 0 Å². The molecule has 0 saturated carbocycles. The molecule has 0 aromatic rings. The Balaban J connectivity index is 1.59. The van der Waals surface area contributed by atoms with Crippen molar-refractivity contribution in [3.05, 3.63) is 0 Å². The van der Waals surface area contributed by atoms with Crippen LogP contribution in [0.2, 0.25) is 0 Å². The first-order valence-corrected chi connectivity index (χ1v) is 6.91. The third kappa shape index (κ3) is 3.72. The second-order valence-electron chi connectivity index (χ2n) is 5.28. The van der Waals surface area contributed by atoms with E-state index >= 15 is 0 Å². The predicted octanol–water partition coefficient (Wildman–Crippen LogP) is 1.49. The number of nitrogens with one attached hydrogen (secondary N) is 1. The molecule has 0 amide bonds. The van der Waals surface area contributed by atoms with Gasteiger partial charge in [0.2, 0.25) is 0 Å². The number of likely N-dealkylation sites (tertiary alicyclic amines) is 1. The number of hydrogen-bond donors (Lipinski definition) is 1. The fourth-order valence-corrected chi connectivity index (χ4v) is 2.75. The Bertz CT molecular complexity index is 192.